The fraction of sp³-hybridized carbons (Fsp3) is 0.600. The molecule has 62 valence electrons. The summed E-state index contributed by atoms with van der Waals surface area (Å²) in [4.78, 5) is 0. The summed E-state index contributed by atoms with van der Waals surface area (Å²) in [6.45, 7) is 10.5. The van der Waals surface area contributed by atoms with Crippen LogP contribution in [0.25, 0.3) is 0 Å². The minimum atomic E-state index is 0. The Kier molecular flexibility index (Phi) is 563. The average Bonchev–Trinajstić information content (AvgIpc) is 1.72. The standard InChI is InChI=1S/C4H9.CN.2ClH.Cu.3Li/c1-3-4-2;1-2;;;;;;/h1,3-4H2,2H3;;2*1H;;;;/q2*-1;;;+2;;2*+1/p-2. The Bertz CT molecular complexity index is 41.1. The first-order chi connectivity index (χ1) is 2.91. The van der Waals surface area contributed by atoms with Crippen molar-refractivity contribution < 1.29 is 79.6 Å². The Morgan fingerprint density at radius 2 is 1.25 bits per heavy atom. The van der Waals surface area contributed by atoms with Gasteiger partial charge in [0.1, 0.15) is 0 Å². The summed E-state index contributed by atoms with van der Waals surface area (Å²) in [6, 6.07) is 0. The molecule has 0 aromatic carbocycles. The first kappa shape index (κ1) is 63.2. The van der Waals surface area contributed by atoms with Gasteiger partial charge in [-0.25, -0.2) is 0 Å². The minimum absolute atomic E-state index is 0. The van der Waals surface area contributed by atoms with Crippen LogP contribution in [0.2, 0.25) is 0 Å². The molecule has 12 heavy (non-hydrogen) atoms. The molecule has 0 aromatic rings. The van der Waals surface area contributed by atoms with Gasteiger partial charge in [-0.1, -0.05) is 13.3 Å². The van der Waals surface area contributed by atoms with Gasteiger partial charge in [-0.15, -0.1) is 0 Å². The quantitative estimate of drug-likeness (QED) is 0.329. The molecule has 0 aliphatic heterocycles. The van der Waals surface area contributed by atoms with Crippen LogP contribution >= 0.6 is 0 Å². The number of halogens is 2. The first-order valence-electron chi connectivity index (χ1n) is 1.93. The van der Waals surface area contributed by atoms with Crippen LogP contribution in [0.4, 0.5) is 0 Å². The van der Waals surface area contributed by atoms with Crippen molar-refractivity contribution in [1.82, 2.24) is 0 Å². The summed E-state index contributed by atoms with van der Waals surface area (Å²) >= 11 is 0. The maximum Gasteiger partial charge on any atom is 2.00 e. The van der Waals surface area contributed by atoms with Gasteiger partial charge in [0.25, 0.3) is 0 Å². The van der Waals surface area contributed by atoms with Crippen molar-refractivity contribution in [3.8, 4) is 0 Å². The molecule has 7 heteroatoms. The number of unbranched alkanes of at least 4 members (excludes halogenated alkanes) is 1. The molecule has 0 atom stereocenters. The van der Waals surface area contributed by atoms with Crippen molar-refractivity contribution in [2.24, 2.45) is 0 Å². The Morgan fingerprint density at radius 3 is 1.25 bits per heavy atom. The van der Waals surface area contributed by atoms with Gasteiger partial charge in [-0.05, 0) is 0 Å². The largest absolute Gasteiger partial charge is 2.00 e. The normalized spacial score (nSPS) is 2.67. The van der Waals surface area contributed by atoms with Crippen molar-refractivity contribution in [2.45, 2.75) is 19.8 Å². The van der Waals surface area contributed by atoms with Crippen LogP contribution in [0.3, 0.4) is 0 Å². The SMILES string of the molecule is [C-]#N.[CH2-]CCC.[Cl-].[Cl-].[Cu+2].[Li+].[Li+].[Li]. The van der Waals surface area contributed by atoms with Crippen LogP contribution in [0.1, 0.15) is 19.8 Å². The second-order valence-electron chi connectivity index (χ2n) is 0.854. The van der Waals surface area contributed by atoms with Crippen LogP contribution in [0.15, 0.2) is 0 Å². The van der Waals surface area contributed by atoms with E-state index in [1.807, 2.05) is 0 Å². The topological polar surface area (TPSA) is 23.8 Å². The van der Waals surface area contributed by atoms with Crippen LogP contribution in [0, 0.1) is 18.8 Å². The molecular formula is C5H9Cl2CuLi3N. The third-order valence-electron chi connectivity index (χ3n) is 0.354. The van der Waals surface area contributed by atoms with Crippen LogP contribution < -0.4 is 62.5 Å². The van der Waals surface area contributed by atoms with Gasteiger partial charge in [0.05, 0.1) is 0 Å². The first-order valence-corrected chi connectivity index (χ1v) is 1.93. The fourth-order valence-corrected chi connectivity index (χ4v) is 0. The van der Waals surface area contributed by atoms with E-state index in [2.05, 4.69) is 13.8 Å². The van der Waals surface area contributed by atoms with E-state index in [1.54, 1.807) is 0 Å². The van der Waals surface area contributed by atoms with Crippen molar-refractivity contribution in [2.75, 3.05) is 0 Å². The summed E-state index contributed by atoms with van der Waals surface area (Å²) in [6.07, 6.45) is 2.28. The molecule has 0 rings (SSSR count). The van der Waals surface area contributed by atoms with E-state index in [0.717, 1.165) is 6.42 Å². The molecular weight excluding hydrogens is 229 g/mol. The van der Waals surface area contributed by atoms with E-state index in [9.17, 15) is 0 Å². The zero-order valence-electron chi connectivity index (χ0n) is 8.13. The zero-order chi connectivity index (χ0) is 5.41. The third kappa shape index (κ3) is 140. The Labute approximate surface area is 135 Å². The zero-order valence-corrected chi connectivity index (χ0v) is 10.6. The average molecular weight is 238 g/mol. The molecule has 0 unspecified atom stereocenters. The molecule has 0 N–H and O–H groups in total. The molecule has 0 saturated heterocycles. The van der Waals surface area contributed by atoms with Gasteiger partial charge in [0.2, 0.25) is 0 Å². The summed E-state index contributed by atoms with van der Waals surface area (Å²) in [5.41, 5.74) is 0. The molecule has 1 nitrogen and oxygen atoms in total. The summed E-state index contributed by atoms with van der Waals surface area (Å²) in [7, 11) is 0. The van der Waals surface area contributed by atoms with Gasteiger partial charge in [-0.2, -0.15) is 6.42 Å². The minimum Gasteiger partial charge on any atom is -1.00 e. The number of hydrogen-bond donors (Lipinski definition) is 0. The second-order valence-corrected chi connectivity index (χ2v) is 0.854. The molecule has 0 aliphatic rings. The van der Waals surface area contributed by atoms with Crippen LogP contribution in [-0.2, 0) is 17.1 Å². The summed E-state index contributed by atoms with van der Waals surface area (Å²) < 4.78 is 0. The molecule has 0 aromatic heterocycles. The van der Waals surface area contributed by atoms with Gasteiger partial charge in [0.15, 0.2) is 0 Å². The fourth-order valence-electron chi connectivity index (χ4n) is 0. The molecule has 0 heterocycles. The van der Waals surface area contributed by atoms with E-state index in [0.29, 0.717) is 0 Å². The molecule has 0 bridgehead atoms. The Morgan fingerprint density at radius 1 is 1.17 bits per heavy atom. The van der Waals surface area contributed by atoms with Gasteiger partial charge >= 0.3 is 54.8 Å². The number of nitrogens with zero attached hydrogens (tertiary/aromatic N) is 1. The van der Waals surface area contributed by atoms with Crippen molar-refractivity contribution in [1.29, 1.82) is 5.26 Å². The van der Waals surface area contributed by atoms with E-state index >= 15 is 0 Å². The summed E-state index contributed by atoms with van der Waals surface area (Å²) in [5.74, 6) is 0. The smallest absolute Gasteiger partial charge is 1.00 e. The monoisotopic (exact) mass is 237 g/mol. The number of hydrogen-bond acceptors (Lipinski definition) is 1. The predicted molar refractivity (Wildman–Crippen MR) is 31.0 cm³/mol. The molecule has 0 spiro atoms. The molecule has 0 aliphatic carbocycles. The van der Waals surface area contributed by atoms with E-state index in [-0.39, 0.29) is 98.5 Å². The van der Waals surface area contributed by atoms with Crippen LogP contribution in [-0.4, -0.2) is 18.9 Å². The molecule has 2 radical (unpaired) electrons. The van der Waals surface area contributed by atoms with E-state index in [4.69, 9.17) is 11.8 Å². The van der Waals surface area contributed by atoms with Crippen molar-refractivity contribution >= 4 is 18.9 Å². The van der Waals surface area contributed by atoms with Crippen LogP contribution in [0.5, 0.6) is 0 Å². The predicted octanol–water partition coefficient (Wildman–Crippen LogP) is -10.7. The van der Waals surface area contributed by atoms with Gasteiger partial charge < -0.3 is 43.6 Å². The van der Waals surface area contributed by atoms with Crippen molar-refractivity contribution in [3.05, 3.63) is 13.5 Å². The molecule has 0 amide bonds. The Hall–Kier alpha value is 2.38. The summed E-state index contributed by atoms with van der Waals surface area (Å²) in [5, 5.41) is 6.25. The second kappa shape index (κ2) is 107. The van der Waals surface area contributed by atoms with Gasteiger partial charge in [0, 0.05) is 18.9 Å². The molecule has 0 fully saturated rings. The number of rotatable bonds is 1. The maximum atomic E-state index is 6.25. The van der Waals surface area contributed by atoms with E-state index < -0.39 is 0 Å². The Balaban J connectivity index is -0.00000000317. The molecule has 0 saturated carbocycles. The third-order valence-corrected chi connectivity index (χ3v) is 0.354. The van der Waals surface area contributed by atoms with Gasteiger partial charge in [-0.3, -0.25) is 0 Å². The van der Waals surface area contributed by atoms with E-state index in [1.165, 1.54) is 6.42 Å². The van der Waals surface area contributed by atoms with Crippen molar-refractivity contribution in [3.63, 3.8) is 0 Å². The maximum absolute atomic E-state index is 6.25.